The number of hydrogen-bond donors (Lipinski definition) is 1. The van der Waals surface area contributed by atoms with Crippen LogP contribution in [-0.4, -0.2) is 31.8 Å². The van der Waals surface area contributed by atoms with Crippen molar-refractivity contribution >= 4 is 11.8 Å². The molecule has 2 rings (SSSR count). The molecule has 1 aromatic rings. The first-order chi connectivity index (χ1) is 4.97. The van der Waals surface area contributed by atoms with Crippen molar-refractivity contribution in [3.63, 3.8) is 0 Å². The van der Waals surface area contributed by atoms with E-state index in [0.29, 0.717) is 0 Å². The molecule has 5 nitrogen and oxygen atoms in total. The van der Waals surface area contributed by atoms with Crippen LogP contribution in [0.4, 0.5) is 0 Å². The van der Waals surface area contributed by atoms with Gasteiger partial charge in [0.25, 0.3) is 0 Å². The Bertz CT molecular complexity index is 191. The minimum absolute atomic E-state index is 0.243. The zero-order chi connectivity index (χ0) is 6.81. The molecule has 1 unspecified atom stereocenters. The molecular formula is C4H7N5S. The molecule has 0 saturated carbocycles. The zero-order valence-electron chi connectivity index (χ0n) is 5.27. The van der Waals surface area contributed by atoms with E-state index < -0.39 is 0 Å². The topological polar surface area (TPSA) is 55.6 Å². The third-order valence-electron chi connectivity index (χ3n) is 1.34. The fourth-order valence-electron chi connectivity index (χ4n) is 0.851. The fourth-order valence-corrected chi connectivity index (χ4v) is 1.75. The average Bonchev–Trinajstić information content (AvgIpc) is 2.59. The van der Waals surface area contributed by atoms with Crippen LogP contribution in [0.3, 0.4) is 0 Å². The van der Waals surface area contributed by atoms with Gasteiger partial charge in [-0.2, -0.15) is 0 Å². The van der Waals surface area contributed by atoms with Crippen molar-refractivity contribution in [3.8, 4) is 0 Å². The number of rotatable bonds is 1. The van der Waals surface area contributed by atoms with E-state index in [1.165, 1.54) is 6.33 Å². The van der Waals surface area contributed by atoms with Gasteiger partial charge in [-0.25, -0.2) is 0 Å². The van der Waals surface area contributed by atoms with Crippen molar-refractivity contribution in [1.29, 1.82) is 0 Å². The largest absolute Gasteiger partial charge is 0.284 e. The third-order valence-corrected chi connectivity index (χ3v) is 2.26. The van der Waals surface area contributed by atoms with Crippen molar-refractivity contribution in [2.24, 2.45) is 0 Å². The first-order valence-electron chi connectivity index (χ1n) is 3.00. The number of nitrogens with one attached hydrogen (secondary N) is 1. The summed E-state index contributed by atoms with van der Waals surface area (Å²) >= 11 is 1.84. The Morgan fingerprint density at radius 3 is 3.30 bits per heavy atom. The SMILES string of the molecule is c1nnn(C2CSCN2)n1. The Morgan fingerprint density at radius 1 is 1.70 bits per heavy atom. The minimum Gasteiger partial charge on any atom is -0.284 e. The average molecular weight is 157 g/mol. The number of nitrogens with zero attached hydrogens (tertiary/aromatic N) is 4. The summed E-state index contributed by atoms with van der Waals surface area (Å²) in [6, 6.07) is 0. The highest BCUT2D eigenvalue weighted by Crippen LogP contribution is 2.15. The lowest BCUT2D eigenvalue weighted by Gasteiger charge is -2.04. The summed E-state index contributed by atoms with van der Waals surface area (Å²) in [6.07, 6.45) is 1.69. The molecular weight excluding hydrogens is 150 g/mol. The predicted octanol–water partition coefficient (Wildman–Crippen LogP) is -0.534. The van der Waals surface area contributed by atoms with Crippen LogP contribution in [0.5, 0.6) is 0 Å². The molecule has 0 bridgehead atoms. The maximum absolute atomic E-state index is 3.92. The molecule has 1 aliphatic heterocycles. The lowest BCUT2D eigenvalue weighted by Crippen LogP contribution is -2.23. The summed E-state index contributed by atoms with van der Waals surface area (Å²) in [5, 5.41) is 14.5. The second-order valence-electron chi connectivity index (χ2n) is 1.99. The van der Waals surface area contributed by atoms with Gasteiger partial charge in [0.1, 0.15) is 6.17 Å². The van der Waals surface area contributed by atoms with Crippen molar-refractivity contribution in [2.45, 2.75) is 6.17 Å². The molecule has 1 N–H and O–H groups in total. The second kappa shape index (κ2) is 2.55. The van der Waals surface area contributed by atoms with Gasteiger partial charge in [-0.3, -0.25) is 5.32 Å². The molecule has 6 heteroatoms. The number of aromatic nitrogens is 4. The Hall–Kier alpha value is -0.620. The lowest BCUT2D eigenvalue weighted by atomic mass is 10.6. The summed E-state index contributed by atoms with van der Waals surface area (Å²) in [5.41, 5.74) is 0. The van der Waals surface area contributed by atoms with Crippen LogP contribution in [0.25, 0.3) is 0 Å². The van der Waals surface area contributed by atoms with E-state index in [1.807, 2.05) is 11.8 Å². The molecule has 0 aliphatic carbocycles. The minimum atomic E-state index is 0.243. The molecule has 1 atom stereocenters. The van der Waals surface area contributed by atoms with Crippen LogP contribution in [0, 0.1) is 0 Å². The van der Waals surface area contributed by atoms with Crippen LogP contribution >= 0.6 is 11.8 Å². The van der Waals surface area contributed by atoms with Gasteiger partial charge in [0, 0.05) is 11.6 Å². The van der Waals surface area contributed by atoms with Crippen LogP contribution in [0.1, 0.15) is 6.17 Å². The lowest BCUT2D eigenvalue weighted by molar-refractivity contribution is 0.391. The van der Waals surface area contributed by atoms with Gasteiger partial charge in [0.2, 0.25) is 0 Å². The van der Waals surface area contributed by atoms with E-state index in [1.54, 1.807) is 4.80 Å². The van der Waals surface area contributed by atoms with Gasteiger partial charge in [-0.15, -0.1) is 26.8 Å². The van der Waals surface area contributed by atoms with Crippen molar-refractivity contribution < 1.29 is 0 Å². The maximum atomic E-state index is 3.92. The van der Waals surface area contributed by atoms with Crippen LogP contribution in [-0.2, 0) is 0 Å². The molecule has 1 aromatic heterocycles. The summed E-state index contributed by atoms with van der Waals surface area (Å²) in [5.74, 6) is 2.00. The van der Waals surface area contributed by atoms with Gasteiger partial charge in [-0.05, 0) is 5.21 Å². The van der Waals surface area contributed by atoms with Gasteiger partial charge >= 0.3 is 0 Å². The first-order valence-corrected chi connectivity index (χ1v) is 4.16. The fraction of sp³-hybridized carbons (Fsp3) is 0.750. The Labute approximate surface area is 62.2 Å². The van der Waals surface area contributed by atoms with Crippen LogP contribution in [0.15, 0.2) is 6.33 Å². The quantitative estimate of drug-likeness (QED) is 0.593. The normalized spacial score (nSPS) is 25.4. The molecule has 0 aromatic carbocycles. The second-order valence-corrected chi connectivity index (χ2v) is 3.02. The van der Waals surface area contributed by atoms with Crippen molar-refractivity contribution in [3.05, 3.63) is 6.33 Å². The van der Waals surface area contributed by atoms with Crippen molar-refractivity contribution in [2.75, 3.05) is 11.6 Å². The maximum Gasteiger partial charge on any atom is 0.162 e. The monoisotopic (exact) mass is 157 g/mol. The van der Waals surface area contributed by atoms with Gasteiger partial charge in [0.15, 0.2) is 6.33 Å². The molecule has 0 radical (unpaired) electrons. The molecule has 1 fully saturated rings. The van der Waals surface area contributed by atoms with E-state index in [9.17, 15) is 0 Å². The number of thioether (sulfide) groups is 1. The molecule has 0 spiro atoms. The highest BCUT2D eigenvalue weighted by atomic mass is 32.2. The highest BCUT2D eigenvalue weighted by Gasteiger charge is 2.17. The molecule has 10 heavy (non-hydrogen) atoms. The smallest absolute Gasteiger partial charge is 0.162 e. The van der Waals surface area contributed by atoms with E-state index >= 15 is 0 Å². The van der Waals surface area contributed by atoms with E-state index in [-0.39, 0.29) is 6.17 Å². The van der Waals surface area contributed by atoms with Gasteiger partial charge < -0.3 is 0 Å². The van der Waals surface area contributed by atoms with Gasteiger partial charge in [-0.1, -0.05) is 0 Å². The molecule has 1 saturated heterocycles. The standard InChI is InChI=1S/C4H7N5S/c1-4(5-3-10-1)9-7-2-6-8-9/h2,4-5H,1,3H2. The zero-order valence-corrected chi connectivity index (χ0v) is 6.08. The van der Waals surface area contributed by atoms with E-state index in [0.717, 1.165) is 11.6 Å². The molecule has 0 amide bonds. The Morgan fingerprint density at radius 2 is 2.70 bits per heavy atom. The summed E-state index contributed by atoms with van der Waals surface area (Å²) in [7, 11) is 0. The van der Waals surface area contributed by atoms with Crippen LogP contribution < -0.4 is 5.32 Å². The number of hydrogen-bond acceptors (Lipinski definition) is 5. The van der Waals surface area contributed by atoms with Crippen LogP contribution in [0.2, 0.25) is 0 Å². The summed E-state index contributed by atoms with van der Waals surface area (Å²) in [6.45, 7) is 0. The molecule has 1 aliphatic rings. The molecule has 54 valence electrons. The predicted molar refractivity (Wildman–Crippen MR) is 37.3 cm³/mol. The van der Waals surface area contributed by atoms with Gasteiger partial charge in [0.05, 0.1) is 0 Å². The van der Waals surface area contributed by atoms with E-state index in [4.69, 9.17) is 0 Å². The summed E-state index contributed by atoms with van der Waals surface area (Å²) < 4.78 is 0. The number of tetrazole rings is 1. The van der Waals surface area contributed by atoms with E-state index in [2.05, 4.69) is 20.7 Å². The Kier molecular flexibility index (Phi) is 1.56. The molecule has 2 heterocycles. The highest BCUT2D eigenvalue weighted by molar-refractivity contribution is 7.99. The Balaban J connectivity index is 2.12. The van der Waals surface area contributed by atoms with Crippen molar-refractivity contribution in [1.82, 2.24) is 25.5 Å². The summed E-state index contributed by atoms with van der Waals surface area (Å²) in [4.78, 5) is 1.60. The third kappa shape index (κ3) is 0.994. The first kappa shape index (κ1) is 6.11.